The summed E-state index contributed by atoms with van der Waals surface area (Å²) in [5.74, 6) is 0. The predicted octanol–water partition coefficient (Wildman–Crippen LogP) is -0.699. The van der Waals surface area contributed by atoms with Crippen molar-refractivity contribution in [2.75, 3.05) is 19.7 Å². The molecule has 0 aromatic heterocycles. The molecule has 0 fully saturated rings. The van der Waals surface area contributed by atoms with E-state index in [1.165, 1.54) is 0 Å². The van der Waals surface area contributed by atoms with Gasteiger partial charge in [-0.15, -0.1) is 0 Å². The zero-order valence-electron chi connectivity index (χ0n) is 8.72. The van der Waals surface area contributed by atoms with Crippen LogP contribution in [-0.2, 0) is 10.1 Å². The monoisotopic (exact) mass is 240 g/mol. The number of aliphatic hydroxyl groups excluding tert-OH is 1. The van der Waals surface area contributed by atoms with Crippen LogP contribution in [0.5, 0.6) is 0 Å². The quantitative estimate of drug-likeness (QED) is 0.313. The van der Waals surface area contributed by atoms with Crippen LogP contribution in [0.1, 0.15) is 25.7 Å². The minimum absolute atomic E-state index is 0.193. The van der Waals surface area contributed by atoms with Crippen molar-refractivity contribution < 1.29 is 18.1 Å². The maximum Gasteiger partial charge on any atom is 0.280 e. The van der Waals surface area contributed by atoms with Crippen molar-refractivity contribution in [1.29, 1.82) is 0 Å². The fourth-order valence-electron chi connectivity index (χ4n) is 1.06. The molecule has 5 N–H and O–H groups in total. The molecule has 1 unspecified atom stereocenters. The average Bonchev–Trinajstić information content (AvgIpc) is 2.14. The van der Waals surface area contributed by atoms with Gasteiger partial charge in [0.15, 0.2) is 0 Å². The summed E-state index contributed by atoms with van der Waals surface area (Å²) >= 11 is 0. The molecule has 0 rings (SSSR count). The van der Waals surface area contributed by atoms with Crippen LogP contribution in [0.25, 0.3) is 0 Å². The first-order chi connectivity index (χ1) is 6.98. The Bertz CT molecular complexity index is 243. The zero-order valence-corrected chi connectivity index (χ0v) is 9.54. The summed E-state index contributed by atoms with van der Waals surface area (Å²) in [7, 11) is -4.10. The Morgan fingerprint density at radius 3 is 2.40 bits per heavy atom. The Morgan fingerprint density at radius 2 is 1.87 bits per heavy atom. The summed E-state index contributed by atoms with van der Waals surface area (Å²) in [5.41, 5.74) is 5.20. The number of hydrogen-bond acceptors (Lipinski definition) is 5. The Morgan fingerprint density at radius 1 is 1.20 bits per heavy atom. The fraction of sp³-hybridized carbons (Fsp3) is 1.00. The predicted molar refractivity (Wildman–Crippen MR) is 57.9 cm³/mol. The van der Waals surface area contributed by atoms with E-state index >= 15 is 0 Å². The lowest BCUT2D eigenvalue weighted by molar-refractivity contribution is 0.283. The molecule has 7 heteroatoms. The molecular formula is C8H20N2O4S. The Balaban J connectivity index is 3.32. The van der Waals surface area contributed by atoms with Crippen molar-refractivity contribution in [1.82, 2.24) is 5.32 Å². The summed E-state index contributed by atoms with van der Waals surface area (Å²) in [5, 5.41) is 10.3. The van der Waals surface area contributed by atoms with Crippen LogP contribution in [-0.4, -0.2) is 43.1 Å². The number of hydrogen-bond donors (Lipinski definition) is 4. The summed E-state index contributed by atoms with van der Waals surface area (Å²) in [4.78, 5) is 0. The van der Waals surface area contributed by atoms with Gasteiger partial charge in [0.05, 0.1) is 0 Å². The highest BCUT2D eigenvalue weighted by Gasteiger charge is 2.16. The summed E-state index contributed by atoms with van der Waals surface area (Å²) in [6, 6.07) is 0. The molecule has 1 atom stereocenters. The van der Waals surface area contributed by atoms with Gasteiger partial charge in [0.2, 0.25) is 0 Å². The topological polar surface area (TPSA) is 113 Å². The smallest absolute Gasteiger partial charge is 0.280 e. The summed E-state index contributed by atoms with van der Waals surface area (Å²) in [6.07, 6.45) is 2.85. The van der Waals surface area contributed by atoms with Crippen LogP contribution in [0.15, 0.2) is 0 Å². The molecule has 0 aromatic carbocycles. The number of rotatable bonds is 9. The molecule has 0 aliphatic heterocycles. The Hall–Kier alpha value is -0.210. The number of nitrogens with one attached hydrogen (secondary N) is 1. The second-order valence-corrected chi connectivity index (χ2v) is 5.01. The first kappa shape index (κ1) is 14.8. The first-order valence-corrected chi connectivity index (χ1v) is 6.52. The Kier molecular flexibility index (Phi) is 7.89. The van der Waals surface area contributed by atoms with E-state index in [1.807, 2.05) is 0 Å². The molecular weight excluding hydrogens is 220 g/mol. The van der Waals surface area contributed by atoms with E-state index in [9.17, 15) is 8.42 Å². The highest BCUT2D eigenvalue weighted by atomic mass is 32.2. The van der Waals surface area contributed by atoms with Gasteiger partial charge in [-0.3, -0.25) is 4.55 Å². The van der Waals surface area contributed by atoms with Crippen LogP contribution in [0.3, 0.4) is 0 Å². The largest absolute Gasteiger partial charge is 0.396 e. The standard InChI is InChI=1S/C8H20N2O4S/c9-8(15(12,13)14)4-6-10-5-2-1-3-7-11/h8,10-11H,1-7,9H2,(H,12,13,14). The minimum Gasteiger partial charge on any atom is -0.396 e. The molecule has 0 amide bonds. The van der Waals surface area contributed by atoms with Gasteiger partial charge in [-0.1, -0.05) is 0 Å². The molecule has 0 aliphatic carbocycles. The molecule has 92 valence electrons. The van der Waals surface area contributed by atoms with Crippen LogP contribution in [0.2, 0.25) is 0 Å². The summed E-state index contributed by atoms with van der Waals surface area (Å²) in [6.45, 7) is 1.42. The fourth-order valence-corrected chi connectivity index (χ4v) is 1.47. The Labute approximate surface area is 90.6 Å². The molecule has 0 heterocycles. The van der Waals surface area contributed by atoms with E-state index in [0.717, 1.165) is 25.8 Å². The van der Waals surface area contributed by atoms with Crippen molar-refractivity contribution >= 4 is 10.1 Å². The first-order valence-electron chi connectivity index (χ1n) is 5.02. The molecule has 0 aromatic rings. The molecule has 0 saturated heterocycles. The minimum atomic E-state index is -4.10. The third kappa shape index (κ3) is 8.76. The normalized spacial score (nSPS) is 14.1. The van der Waals surface area contributed by atoms with E-state index in [1.54, 1.807) is 0 Å². The molecule has 15 heavy (non-hydrogen) atoms. The lowest BCUT2D eigenvalue weighted by Crippen LogP contribution is -2.33. The van der Waals surface area contributed by atoms with Crippen LogP contribution in [0.4, 0.5) is 0 Å². The van der Waals surface area contributed by atoms with E-state index in [2.05, 4.69) is 5.32 Å². The van der Waals surface area contributed by atoms with Crippen LogP contribution < -0.4 is 11.1 Å². The maximum atomic E-state index is 10.5. The molecule has 0 saturated carbocycles. The van der Waals surface area contributed by atoms with Gasteiger partial charge in [-0.05, 0) is 38.8 Å². The number of nitrogens with two attached hydrogens (primary N) is 1. The average molecular weight is 240 g/mol. The van der Waals surface area contributed by atoms with Crippen molar-refractivity contribution in [2.24, 2.45) is 5.73 Å². The lowest BCUT2D eigenvalue weighted by Gasteiger charge is -2.08. The van der Waals surface area contributed by atoms with E-state index < -0.39 is 15.5 Å². The van der Waals surface area contributed by atoms with Gasteiger partial charge in [-0.2, -0.15) is 8.42 Å². The SMILES string of the molecule is NC(CCNCCCCCO)S(=O)(=O)O. The lowest BCUT2D eigenvalue weighted by atomic mass is 10.2. The summed E-state index contributed by atoms with van der Waals surface area (Å²) < 4.78 is 29.6. The van der Waals surface area contributed by atoms with Gasteiger partial charge in [0.1, 0.15) is 5.37 Å². The van der Waals surface area contributed by atoms with Gasteiger partial charge in [0.25, 0.3) is 10.1 Å². The van der Waals surface area contributed by atoms with E-state index in [0.29, 0.717) is 6.54 Å². The van der Waals surface area contributed by atoms with Crippen LogP contribution >= 0.6 is 0 Å². The van der Waals surface area contributed by atoms with Crippen LogP contribution in [0, 0.1) is 0 Å². The zero-order chi connectivity index (χ0) is 11.7. The molecule has 0 radical (unpaired) electrons. The molecule has 0 aliphatic rings. The van der Waals surface area contributed by atoms with Crippen molar-refractivity contribution in [2.45, 2.75) is 31.1 Å². The third-order valence-corrected chi connectivity index (χ3v) is 3.00. The van der Waals surface area contributed by atoms with E-state index in [-0.39, 0.29) is 13.0 Å². The number of unbranched alkanes of at least 4 members (excludes halogenated alkanes) is 2. The second-order valence-electron chi connectivity index (χ2n) is 3.38. The highest BCUT2D eigenvalue weighted by Crippen LogP contribution is 1.96. The van der Waals surface area contributed by atoms with Crippen molar-refractivity contribution in [3.05, 3.63) is 0 Å². The van der Waals surface area contributed by atoms with Gasteiger partial charge in [-0.25, -0.2) is 0 Å². The maximum absolute atomic E-state index is 10.5. The second kappa shape index (κ2) is 8.00. The number of aliphatic hydroxyl groups is 1. The van der Waals surface area contributed by atoms with Gasteiger partial charge >= 0.3 is 0 Å². The van der Waals surface area contributed by atoms with Gasteiger partial charge < -0.3 is 16.2 Å². The highest BCUT2D eigenvalue weighted by molar-refractivity contribution is 7.86. The molecule has 0 spiro atoms. The van der Waals surface area contributed by atoms with Crippen molar-refractivity contribution in [3.63, 3.8) is 0 Å². The van der Waals surface area contributed by atoms with Gasteiger partial charge in [0, 0.05) is 6.61 Å². The van der Waals surface area contributed by atoms with E-state index in [4.69, 9.17) is 15.4 Å². The molecule has 0 bridgehead atoms. The molecule has 6 nitrogen and oxygen atoms in total. The van der Waals surface area contributed by atoms with Crippen molar-refractivity contribution in [3.8, 4) is 0 Å². The third-order valence-electron chi connectivity index (χ3n) is 2.00.